The monoisotopic (exact) mass is 227 g/mol. The molecule has 2 N–H and O–H groups in total. The summed E-state index contributed by atoms with van der Waals surface area (Å²) in [5, 5.41) is 0.571. The van der Waals surface area contributed by atoms with Crippen LogP contribution >= 0.6 is 11.6 Å². The molecular weight excluding hydrogens is 214 g/mol. The lowest BCUT2D eigenvalue weighted by Gasteiger charge is -2.26. The molecule has 0 bridgehead atoms. The van der Waals surface area contributed by atoms with E-state index in [4.69, 9.17) is 17.3 Å². The molecule has 1 aromatic rings. The molecule has 0 radical (unpaired) electrons. The molecule has 0 aliphatic carbocycles. The van der Waals surface area contributed by atoms with Gasteiger partial charge in [0.25, 0.3) is 0 Å². The summed E-state index contributed by atoms with van der Waals surface area (Å²) in [6.07, 6.45) is 1.55. The summed E-state index contributed by atoms with van der Waals surface area (Å²) < 4.78 is 0. The number of primary amides is 1. The largest absolute Gasteiger partial charge is 0.368 e. The highest BCUT2D eigenvalue weighted by atomic mass is 35.5. The van der Waals surface area contributed by atoms with Crippen LogP contribution in [0, 0.1) is 0 Å². The van der Waals surface area contributed by atoms with Gasteiger partial charge in [0.1, 0.15) is 5.82 Å². The highest BCUT2D eigenvalue weighted by molar-refractivity contribution is 6.30. The van der Waals surface area contributed by atoms with Crippen LogP contribution in [-0.4, -0.2) is 23.5 Å². The van der Waals surface area contributed by atoms with E-state index in [9.17, 15) is 4.79 Å². The van der Waals surface area contributed by atoms with E-state index in [0.29, 0.717) is 10.8 Å². The van der Waals surface area contributed by atoms with Gasteiger partial charge in [0.2, 0.25) is 5.91 Å². The standard InChI is InChI=1S/C10H14ClN3O/c1-7(2)14(6-9(12)15)10-4-3-8(11)5-13-10/h3-5,7H,6H2,1-2H3,(H2,12,15). The molecule has 0 saturated heterocycles. The minimum Gasteiger partial charge on any atom is -0.368 e. The molecule has 0 spiro atoms. The van der Waals surface area contributed by atoms with Crippen molar-refractivity contribution in [2.75, 3.05) is 11.4 Å². The second-order valence-corrected chi connectivity index (χ2v) is 3.96. The van der Waals surface area contributed by atoms with Crippen LogP contribution in [0.5, 0.6) is 0 Å². The van der Waals surface area contributed by atoms with Crippen molar-refractivity contribution in [2.45, 2.75) is 19.9 Å². The van der Waals surface area contributed by atoms with Gasteiger partial charge in [0, 0.05) is 12.2 Å². The van der Waals surface area contributed by atoms with Crippen LogP contribution < -0.4 is 10.6 Å². The maximum absolute atomic E-state index is 10.9. The quantitative estimate of drug-likeness (QED) is 0.847. The molecule has 1 rings (SSSR count). The number of aromatic nitrogens is 1. The Labute approximate surface area is 94.0 Å². The summed E-state index contributed by atoms with van der Waals surface area (Å²) in [6.45, 7) is 4.10. The van der Waals surface area contributed by atoms with Gasteiger partial charge in [-0.3, -0.25) is 4.79 Å². The topological polar surface area (TPSA) is 59.2 Å². The van der Waals surface area contributed by atoms with Crippen LogP contribution in [0.4, 0.5) is 5.82 Å². The van der Waals surface area contributed by atoms with Crippen LogP contribution in [0.15, 0.2) is 18.3 Å². The average Bonchev–Trinajstić information content (AvgIpc) is 2.15. The van der Waals surface area contributed by atoms with E-state index >= 15 is 0 Å². The summed E-state index contributed by atoms with van der Waals surface area (Å²) >= 11 is 5.73. The maximum atomic E-state index is 10.9. The SMILES string of the molecule is CC(C)N(CC(N)=O)c1ccc(Cl)cn1. The van der Waals surface area contributed by atoms with E-state index in [2.05, 4.69) is 4.98 Å². The summed E-state index contributed by atoms with van der Waals surface area (Å²) in [6, 6.07) is 3.66. The van der Waals surface area contributed by atoms with Crippen molar-refractivity contribution >= 4 is 23.3 Å². The fourth-order valence-corrected chi connectivity index (χ4v) is 1.35. The summed E-state index contributed by atoms with van der Waals surface area (Å²) in [5.41, 5.74) is 5.16. The molecular formula is C10H14ClN3O. The molecule has 0 aliphatic rings. The van der Waals surface area contributed by atoms with Crippen molar-refractivity contribution in [1.82, 2.24) is 4.98 Å². The van der Waals surface area contributed by atoms with Crippen LogP contribution in [-0.2, 0) is 4.79 Å². The minimum atomic E-state index is -0.375. The number of halogens is 1. The number of nitrogens with two attached hydrogens (primary N) is 1. The Kier molecular flexibility index (Phi) is 3.91. The Morgan fingerprint density at radius 1 is 1.60 bits per heavy atom. The lowest BCUT2D eigenvalue weighted by Crippen LogP contribution is -2.39. The number of anilines is 1. The Morgan fingerprint density at radius 2 is 2.27 bits per heavy atom. The van der Waals surface area contributed by atoms with Crippen molar-refractivity contribution in [3.8, 4) is 0 Å². The van der Waals surface area contributed by atoms with Gasteiger partial charge in [-0.2, -0.15) is 0 Å². The van der Waals surface area contributed by atoms with Gasteiger partial charge in [-0.1, -0.05) is 11.6 Å². The first-order valence-corrected chi connectivity index (χ1v) is 5.05. The first kappa shape index (κ1) is 11.8. The Balaban J connectivity index is 2.88. The lowest BCUT2D eigenvalue weighted by atomic mass is 10.3. The van der Waals surface area contributed by atoms with Crippen molar-refractivity contribution in [2.24, 2.45) is 5.73 Å². The van der Waals surface area contributed by atoms with Gasteiger partial charge >= 0.3 is 0 Å². The van der Waals surface area contributed by atoms with Gasteiger partial charge in [0.15, 0.2) is 0 Å². The molecule has 1 heterocycles. The molecule has 82 valence electrons. The Morgan fingerprint density at radius 3 is 2.67 bits per heavy atom. The number of rotatable bonds is 4. The van der Waals surface area contributed by atoms with E-state index in [-0.39, 0.29) is 18.5 Å². The molecule has 0 saturated carbocycles. The molecule has 4 nitrogen and oxygen atoms in total. The number of carbonyl (C=O) groups excluding carboxylic acids is 1. The summed E-state index contributed by atoms with van der Waals surface area (Å²) in [5.74, 6) is 0.327. The van der Waals surface area contributed by atoms with E-state index in [1.807, 2.05) is 18.7 Å². The molecule has 0 atom stereocenters. The molecule has 0 aliphatic heterocycles. The van der Waals surface area contributed by atoms with E-state index < -0.39 is 0 Å². The van der Waals surface area contributed by atoms with Gasteiger partial charge in [-0.15, -0.1) is 0 Å². The smallest absolute Gasteiger partial charge is 0.237 e. The predicted octanol–water partition coefficient (Wildman–Crippen LogP) is 1.44. The van der Waals surface area contributed by atoms with Crippen molar-refractivity contribution in [1.29, 1.82) is 0 Å². The van der Waals surface area contributed by atoms with Crippen LogP contribution in [0.2, 0.25) is 5.02 Å². The first-order valence-electron chi connectivity index (χ1n) is 4.67. The van der Waals surface area contributed by atoms with Crippen LogP contribution in [0.25, 0.3) is 0 Å². The predicted molar refractivity (Wildman–Crippen MR) is 60.9 cm³/mol. The normalized spacial score (nSPS) is 10.4. The molecule has 0 aromatic carbocycles. The van der Waals surface area contributed by atoms with Gasteiger partial charge in [-0.25, -0.2) is 4.98 Å². The second-order valence-electron chi connectivity index (χ2n) is 3.52. The minimum absolute atomic E-state index is 0.158. The highest BCUT2D eigenvalue weighted by Gasteiger charge is 2.13. The van der Waals surface area contributed by atoms with E-state index in [1.54, 1.807) is 18.3 Å². The fraction of sp³-hybridized carbons (Fsp3) is 0.400. The zero-order valence-corrected chi connectivity index (χ0v) is 9.53. The molecule has 5 heteroatoms. The van der Waals surface area contributed by atoms with Gasteiger partial charge in [-0.05, 0) is 26.0 Å². The second kappa shape index (κ2) is 4.98. The molecule has 15 heavy (non-hydrogen) atoms. The number of hydrogen-bond donors (Lipinski definition) is 1. The Hall–Kier alpha value is -1.29. The number of nitrogens with zero attached hydrogens (tertiary/aromatic N) is 2. The number of hydrogen-bond acceptors (Lipinski definition) is 3. The lowest BCUT2D eigenvalue weighted by molar-refractivity contribution is -0.116. The molecule has 1 amide bonds. The summed E-state index contributed by atoms with van der Waals surface area (Å²) in [4.78, 5) is 16.8. The number of amides is 1. The van der Waals surface area contributed by atoms with Gasteiger partial charge in [0.05, 0.1) is 11.6 Å². The first-order chi connectivity index (χ1) is 7.00. The zero-order chi connectivity index (χ0) is 11.4. The number of carbonyl (C=O) groups is 1. The molecule has 0 fully saturated rings. The van der Waals surface area contributed by atoms with Crippen molar-refractivity contribution in [3.05, 3.63) is 23.4 Å². The van der Waals surface area contributed by atoms with Crippen molar-refractivity contribution < 1.29 is 4.79 Å². The zero-order valence-electron chi connectivity index (χ0n) is 8.77. The third-order valence-electron chi connectivity index (χ3n) is 1.96. The van der Waals surface area contributed by atoms with Gasteiger partial charge < -0.3 is 10.6 Å². The number of pyridine rings is 1. The average molecular weight is 228 g/mol. The third-order valence-corrected chi connectivity index (χ3v) is 2.18. The molecule has 0 unspecified atom stereocenters. The van der Waals surface area contributed by atoms with E-state index in [0.717, 1.165) is 0 Å². The fourth-order valence-electron chi connectivity index (χ4n) is 1.23. The van der Waals surface area contributed by atoms with Crippen molar-refractivity contribution in [3.63, 3.8) is 0 Å². The Bertz CT molecular complexity index is 337. The summed E-state index contributed by atoms with van der Waals surface area (Å²) in [7, 11) is 0. The third kappa shape index (κ3) is 3.40. The highest BCUT2D eigenvalue weighted by Crippen LogP contribution is 2.16. The van der Waals surface area contributed by atoms with Crippen LogP contribution in [0.1, 0.15) is 13.8 Å². The maximum Gasteiger partial charge on any atom is 0.237 e. The molecule has 1 aromatic heterocycles. The van der Waals surface area contributed by atoms with Crippen LogP contribution in [0.3, 0.4) is 0 Å². The van der Waals surface area contributed by atoms with E-state index in [1.165, 1.54) is 0 Å².